The van der Waals surface area contributed by atoms with Crippen LogP contribution < -0.4 is 18.5 Å². The minimum absolute atomic E-state index is 0.0818. The highest BCUT2D eigenvalue weighted by Gasteiger charge is 2.26. The van der Waals surface area contributed by atoms with Gasteiger partial charge in [-0.1, -0.05) is 23.7 Å². The molecule has 30 heavy (non-hydrogen) atoms. The van der Waals surface area contributed by atoms with E-state index in [0.717, 1.165) is 5.56 Å². The zero-order chi connectivity index (χ0) is 21.7. The Morgan fingerprint density at radius 2 is 1.40 bits per heavy atom. The number of ether oxygens (including phenoxy) is 3. The van der Waals surface area contributed by atoms with Crippen LogP contribution in [-0.2, 0) is 16.6 Å². The minimum Gasteiger partial charge on any atom is -0.497 e. The van der Waals surface area contributed by atoms with Gasteiger partial charge in [-0.3, -0.25) is 4.31 Å². The molecule has 0 spiro atoms. The van der Waals surface area contributed by atoms with Gasteiger partial charge in [0.25, 0.3) is 10.0 Å². The van der Waals surface area contributed by atoms with Gasteiger partial charge in [0, 0.05) is 23.2 Å². The Labute approximate surface area is 181 Å². The van der Waals surface area contributed by atoms with Crippen molar-refractivity contribution in [3.8, 4) is 17.2 Å². The Kier molecular flexibility index (Phi) is 6.74. The number of hydrogen-bond donors (Lipinski definition) is 0. The van der Waals surface area contributed by atoms with Crippen LogP contribution in [0.3, 0.4) is 0 Å². The minimum atomic E-state index is -3.92. The van der Waals surface area contributed by atoms with E-state index in [9.17, 15) is 8.42 Å². The summed E-state index contributed by atoms with van der Waals surface area (Å²) in [6, 6.07) is 18.3. The molecule has 0 N–H and O–H groups in total. The molecular formula is C22H22ClNO5S. The SMILES string of the molecule is COc1cccc(CN(c2cc(OC)cc(OC)c2)S(=O)(=O)c2ccc(Cl)cc2)c1. The average Bonchev–Trinajstić information content (AvgIpc) is 2.77. The standard InChI is InChI=1S/C22H22ClNO5S/c1-27-19-6-4-5-16(11-19)15-24(18-12-20(28-2)14-21(13-18)29-3)30(25,26)22-9-7-17(23)8-10-22/h4-14H,15H2,1-3H3. The van der Waals surface area contributed by atoms with Crippen LogP contribution in [0.15, 0.2) is 71.6 Å². The summed E-state index contributed by atoms with van der Waals surface area (Å²) in [5.41, 5.74) is 1.16. The normalized spacial score (nSPS) is 11.1. The third kappa shape index (κ3) is 4.80. The number of anilines is 1. The lowest BCUT2D eigenvalue weighted by Gasteiger charge is -2.26. The second kappa shape index (κ2) is 9.28. The van der Waals surface area contributed by atoms with E-state index in [4.69, 9.17) is 25.8 Å². The molecule has 0 aliphatic carbocycles. The molecule has 6 nitrogen and oxygen atoms in total. The van der Waals surface area contributed by atoms with Gasteiger partial charge in [-0.25, -0.2) is 8.42 Å². The number of hydrogen-bond acceptors (Lipinski definition) is 5. The number of halogens is 1. The molecule has 0 unspecified atom stereocenters. The molecule has 0 fully saturated rings. The summed E-state index contributed by atoms with van der Waals surface area (Å²) in [6.45, 7) is 0.0818. The van der Waals surface area contributed by atoms with Crippen LogP contribution in [0.1, 0.15) is 5.56 Å². The van der Waals surface area contributed by atoms with E-state index in [0.29, 0.717) is 28.0 Å². The van der Waals surface area contributed by atoms with Gasteiger partial charge >= 0.3 is 0 Å². The van der Waals surface area contributed by atoms with Crippen molar-refractivity contribution in [1.29, 1.82) is 0 Å². The highest BCUT2D eigenvalue weighted by Crippen LogP contribution is 2.33. The van der Waals surface area contributed by atoms with E-state index in [-0.39, 0.29) is 11.4 Å². The zero-order valence-corrected chi connectivity index (χ0v) is 18.4. The monoisotopic (exact) mass is 447 g/mol. The van der Waals surface area contributed by atoms with Crippen LogP contribution in [0.2, 0.25) is 5.02 Å². The van der Waals surface area contributed by atoms with Crippen molar-refractivity contribution >= 4 is 27.3 Å². The average molecular weight is 448 g/mol. The molecule has 0 bridgehead atoms. The second-order valence-corrected chi connectivity index (χ2v) is 8.69. The molecule has 8 heteroatoms. The second-order valence-electron chi connectivity index (χ2n) is 6.39. The van der Waals surface area contributed by atoms with E-state index in [1.165, 1.54) is 30.7 Å². The molecule has 0 amide bonds. The zero-order valence-electron chi connectivity index (χ0n) is 16.8. The van der Waals surface area contributed by atoms with Crippen molar-refractivity contribution < 1.29 is 22.6 Å². The first kappa shape index (κ1) is 21.8. The molecule has 3 aromatic rings. The van der Waals surface area contributed by atoms with E-state index < -0.39 is 10.0 Å². The lowest BCUT2D eigenvalue weighted by molar-refractivity contribution is 0.394. The first-order valence-corrected chi connectivity index (χ1v) is 10.8. The predicted molar refractivity (Wildman–Crippen MR) is 117 cm³/mol. The molecule has 158 valence electrons. The summed E-state index contributed by atoms with van der Waals surface area (Å²) < 4.78 is 44.4. The van der Waals surface area contributed by atoms with Crippen LogP contribution in [0.25, 0.3) is 0 Å². The van der Waals surface area contributed by atoms with Crippen molar-refractivity contribution in [3.63, 3.8) is 0 Å². The first-order valence-electron chi connectivity index (χ1n) is 9.01. The van der Waals surface area contributed by atoms with Crippen molar-refractivity contribution in [1.82, 2.24) is 0 Å². The molecule has 0 radical (unpaired) electrons. The van der Waals surface area contributed by atoms with Crippen LogP contribution in [0, 0.1) is 0 Å². The number of rotatable bonds is 8. The fourth-order valence-electron chi connectivity index (χ4n) is 2.92. The maximum absolute atomic E-state index is 13.6. The Hall–Kier alpha value is -2.90. The number of sulfonamides is 1. The van der Waals surface area contributed by atoms with Crippen molar-refractivity contribution in [3.05, 3.63) is 77.3 Å². The Morgan fingerprint density at radius 3 is 1.97 bits per heavy atom. The van der Waals surface area contributed by atoms with E-state index in [1.54, 1.807) is 49.6 Å². The summed E-state index contributed by atoms with van der Waals surface area (Å²) in [5, 5.41) is 0.455. The molecule has 0 heterocycles. The summed E-state index contributed by atoms with van der Waals surface area (Å²) >= 11 is 5.95. The van der Waals surface area contributed by atoms with Crippen molar-refractivity contribution in [2.24, 2.45) is 0 Å². The van der Waals surface area contributed by atoms with Gasteiger partial charge in [0.15, 0.2) is 0 Å². The Morgan fingerprint density at radius 1 is 0.800 bits per heavy atom. The van der Waals surface area contributed by atoms with Crippen LogP contribution in [0.5, 0.6) is 17.2 Å². The Balaban J connectivity index is 2.14. The highest BCUT2D eigenvalue weighted by molar-refractivity contribution is 7.92. The molecule has 0 aromatic heterocycles. The summed E-state index contributed by atoms with van der Waals surface area (Å²) in [7, 11) is 0.673. The van der Waals surface area contributed by atoms with Crippen LogP contribution in [0.4, 0.5) is 5.69 Å². The highest BCUT2D eigenvalue weighted by atomic mass is 35.5. The fraction of sp³-hybridized carbons (Fsp3) is 0.182. The van der Waals surface area contributed by atoms with Gasteiger partial charge in [0.1, 0.15) is 17.2 Å². The predicted octanol–water partition coefficient (Wildman–Crippen LogP) is 4.76. The topological polar surface area (TPSA) is 65.1 Å². The molecule has 0 saturated carbocycles. The maximum atomic E-state index is 13.6. The van der Waals surface area contributed by atoms with Gasteiger partial charge in [0.05, 0.1) is 38.5 Å². The molecular weight excluding hydrogens is 426 g/mol. The smallest absolute Gasteiger partial charge is 0.264 e. The summed E-state index contributed by atoms with van der Waals surface area (Å²) in [6.07, 6.45) is 0. The van der Waals surface area contributed by atoms with Gasteiger partial charge in [-0.15, -0.1) is 0 Å². The van der Waals surface area contributed by atoms with Gasteiger partial charge < -0.3 is 14.2 Å². The van der Waals surface area contributed by atoms with E-state index >= 15 is 0 Å². The molecule has 3 aromatic carbocycles. The van der Waals surface area contributed by atoms with E-state index in [2.05, 4.69) is 0 Å². The molecule has 0 aliphatic rings. The van der Waals surface area contributed by atoms with Gasteiger partial charge in [-0.05, 0) is 42.0 Å². The first-order chi connectivity index (χ1) is 14.4. The third-order valence-corrected chi connectivity index (χ3v) is 6.53. The summed E-state index contributed by atoms with van der Waals surface area (Å²) in [4.78, 5) is 0.122. The van der Waals surface area contributed by atoms with Crippen LogP contribution in [-0.4, -0.2) is 29.7 Å². The number of benzene rings is 3. The van der Waals surface area contributed by atoms with Crippen molar-refractivity contribution in [2.45, 2.75) is 11.4 Å². The van der Waals surface area contributed by atoms with Gasteiger partial charge in [-0.2, -0.15) is 0 Å². The summed E-state index contributed by atoms with van der Waals surface area (Å²) in [5.74, 6) is 1.59. The number of nitrogens with zero attached hydrogens (tertiary/aromatic N) is 1. The third-order valence-electron chi connectivity index (χ3n) is 4.49. The Bertz CT molecular complexity index is 1090. The molecule has 0 atom stereocenters. The van der Waals surface area contributed by atoms with Crippen LogP contribution >= 0.6 is 11.6 Å². The lowest BCUT2D eigenvalue weighted by atomic mass is 10.2. The quantitative estimate of drug-likeness (QED) is 0.498. The largest absolute Gasteiger partial charge is 0.497 e. The lowest BCUT2D eigenvalue weighted by Crippen LogP contribution is -2.30. The van der Waals surface area contributed by atoms with Gasteiger partial charge in [0.2, 0.25) is 0 Å². The molecule has 0 saturated heterocycles. The van der Waals surface area contributed by atoms with E-state index in [1.807, 2.05) is 12.1 Å². The fourth-order valence-corrected chi connectivity index (χ4v) is 4.48. The molecule has 3 rings (SSSR count). The maximum Gasteiger partial charge on any atom is 0.264 e. The molecule has 0 aliphatic heterocycles. The number of methoxy groups -OCH3 is 3. The van der Waals surface area contributed by atoms with Crippen molar-refractivity contribution in [2.75, 3.05) is 25.6 Å².